The number of aromatic nitrogens is 5. The Labute approximate surface area is 144 Å². The predicted molar refractivity (Wildman–Crippen MR) is 93.3 cm³/mol. The molecule has 2 N–H and O–H groups in total. The molecular formula is C16H18N6OS. The van der Waals surface area contributed by atoms with Gasteiger partial charge in [0.1, 0.15) is 11.4 Å². The molecule has 1 aromatic carbocycles. The molecule has 0 unspecified atom stereocenters. The molecule has 0 aliphatic rings. The molecule has 0 aliphatic heterocycles. The van der Waals surface area contributed by atoms with E-state index in [1.54, 1.807) is 42.6 Å². The van der Waals surface area contributed by atoms with Crippen LogP contribution in [0.1, 0.15) is 6.42 Å². The maximum absolute atomic E-state index is 10.3. The highest BCUT2D eigenvalue weighted by Gasteiger charge is 2.09. The summed E-state index contributed by atoms with van der Waals surface area (Å²) in [6, 6.07) is 5.36. The van der Waals surface area contributed by atoms with E-state index < -0.39 is 0 Å². The highest BCUT2D eigenvalue weighted by Crippen LogP contribution is 2.29. The van der Waals surface area contributed by atoms with Crippen LogP contribution in [0.3, 0.4) is 0 Å². The van der Waals surface area contributed by atoms with Gasteiger partial charge in [-0.2, -0.15) is 0 Å². The van der Waals surface area contributed by atoms with Crippen LogP contribution < -0.4 is 5.32 Å². The molecule has 0 radical (unpaired) electrons. The zero-order chi connectivity index (χ0) is 16.8. The summed E-state index contributed by atoms with van der Waals surface area (Å²) in [6.45, 7) is 0.968. The topological polar surface area (TPSA) is 88.8 Å². The van der Waals surface area contributed by atoms with Crippen molar-refractivity contribution in [2.24, 2.45) is 0 Å². The molecule has 0 bridgehead atoms. The van der Waals surface area contributed by atoms with E-state index >= 15 is 0 Å². The number of nitrogens with one attached hydrogen (secondary N) is 1. The number of imidazole rings is 1. The molecule has 0 amide bonds. The molecule has 0 aliphatic carbocycles. The smallest absolute Gasteiger partial charge is 0.209 e. The van der Waals surface area contributed by atoms with Gasteiger partial charge in [-0.1, -0.05) is 11.8 Å². The second-order valence-electron chi connectivity index (χ2n) is 5.10. The van der Waals surface area contributed by atoms with Crippen LogP contribution >= 0.6 is 11.8 Å². The van der Waals surface area contributed by atoms with Crippen LogP contribution in [0.4, 0.5) is 0 Å². The third-order valence-electron chi connectivity index (χ3n) is 3.40. The van der Waals surface area contributed by atoms with Gasteiger partial charge in [0, 0.05) is 29.8 Å². The Hall–Kier alpha value is -2.45. The lowest BCUT2D eigenvalue weighted by molar-refractivity contribution is 0.476. The van der Waals surface area contributed by atoms with Crippen LogP contribution in [-0.2, 0) is 0 Å². The Morgan fingerprint density at radius 3 is 2.88 bits per heavy atom. The van der Waals surface area contributed by atoms with E-state index in [1.165, 1.54) is 0 Å². The van der Waals surface area contributed by atoms with Gasteiger partial charge >= 0.3 is 0 Å². The van der Waals surface area contributed by atoms with Crippen LogP contribution in [0.25, 0.3) is 16.9 Å². The maximum Gasteiger partial charge on any atom is 0.209 e. The summed E-state index contributed by atoms with van der Waals surface area (Å²) in [5.41, 5.74) is 1.97. The molecule has 24 heavy (non-hydrogen) atoms. The SMILES string of the molecule is CNCCCSc1ncc(-c2ccc(-n3ccnc3)cc2O)nn1. The number of phenols is 1. The number of thioether (sulfide) groups is 1. The molecule has 2 heterocycles. The summed E-state index contributed by atoms with van der Waals surface area (Å²) in [4.78, 5) is 8.31. The van der Waals surface area contributed by atoms with E-state index in [2.05, 4.69) is 25.5 Å². The summed E-state index contributed by atoms with van der Waals surface area (Å²) in [5, 5.41) is 22.3. The normalized spacial score (nSPS) is 10.9. The third-order valence-corrected chi connectivity index (χ3v) is 4.34. The van der Waals surface area contributed by atoms with Crippen molar-refractivity contribution in [3.05, 3.63) is 43.1 Å². The van der Waals surface area contributed by atoms with Crippen LogP contribution in [0.15, 0.2) is 48.3 Å². The summed E-state index contributed by atoms with van der Waals surface area (Å²) in [7, 11) is 1.93. The van der Waals surface area contributed by atoms with Gasteiger partial charge in [0.05, 0.1) is 18.2 Å². The molecule has 0 saturated carbocycles. The number of benzene rings is 1. The molecule has 0 fully saturated rings. The Kier molecular flexibility index (Phi) is 5.39. The molecule has 2 aromatic heterocycles. The molecule has 7 nitrogen and oxygen atoms in total. The van der Waals surface area contributed by atoms with Gasteiger partial charge in [0.25, 0.3) is 0 Å². The predicted octanol–water partition coefficient (Wildman–Crippen LogP) is 2.13. The average molecular weight is 342 g/mol. The van der Waals surface area contributed by atoms with Crippen molar-refractivity contribution >= 4 is 11.8 Å². The average Bonchev–Trinajstić information content (AvgIpc) is 3.14. The number of phenolic OH excluding ortho intramolecular Hbond substituents is 1. The van der Waals surface area contributed by atoms with Gasteiger partial charge in [-0.3, -0.25) is 0 Å². The molecular weight excluding hydrogens is 324 g/mol. The Morgan fingerprint density at radius 1 is 1.29 bits per heavy atom. The number of nitrogens with zero attached hydrogens (tertiary/aromatic N) is 5. The molecule has 0 spiro atoms. The Balaban J connectivity index is 1.72. The van der Waals surface area contributed by atoms with Gasteiger partial charge in [-0.15, -0.1) is 10.2 Å². The zero-order valence-corrected chi connectivity index (χ0v) is 14.1. The van der Waals surface area contributed by atoms with Gasteiger partial charge in [0.2, 0.25) is 5.16 Å². The van der Waals surface area contributed by atoms with E-state index in [1.807, 2.05) is 23.9 Å². The Bertz CT molecular complexity index is 776. The van der Waals surface area contributed by atoms with Crippen molar-refractivity contribution in [2.45, 2.75) is 11.6 Å². The quantitative estimate of drug-likeness (QED) is 0.502. The van der Waals surface area contributed by atoms with Gasteiger partial charge in [-0.05, 0) is 32.1 Å². The lowest BCUT2D eigenvalue weighted by Crippen LogP contribution is -2.08. The van der Waals surface area contributed by atoms with E-state index in [4.69, 9.17) is 0 Å². The number of aromatic hydroxyl groups is 1. The van der Waals surface area contributed by atoms with Crippen molar-refractivity contribution < 1.29 is 5.11 Å². The largest absolute Gasteiger partial charge is 0.507 e. The van der Waals surface area contributed by atoms with E-state index in [9.17, 15) is 5.11 Å². The van der Waals surface area contributed by atoms with Gasteiger partial charge in [-0.25, -0.2) is 9.97 Å². The summed E-state index contributed by atoms with van der Waals surface area (Å²) in [5.74, 6) is 1.07. The summed E-state index contributed by atoms with van der Waals surface area (Å²) in [6.07, 6.45) is 7.86. The first-order valence-electron chi connectivity index (χ1n) is 7.57. The number of hydrogen-bond acceptors (Lipinski definition) is 7. The fraction of sp³-hybridized carbons (Fsp3) is 0.250. The minimum atomic E-state index is 0.131. The standard InChI is InChI=1S/C16H18N6OS/c1-17-5-2-8-24-16-19-10-14(20-21-16)13-4-3-12(9-15(13)23)22-7-6-18-11-22/h3-4,6-7,9-11,17,23H,2,5,8H2,1H3. The van der Waals surface area contributed by atoms with Crippen molar-refractivity contribution in [1.29, 1.82) is 0 Å². The number of rotatable bonds is 7. The fourth-order valence-electron chi connectivity index (χ4n) is 2.18. The van der Waals surface area contributed by atoms with E-state index in [0.717, 1.165) is 24.4 Å². The lowest BCUT2D eigenvalue weighted by atomic mass is 10.1. The summed E-state index contributed by atoms with van der Waals surface area (Å²) >= 11 is 1.57. The first kappa shape index (κ1) is 16.4. The minimum absolute atomic E-state index is 0.131. The minimum Gasteiger partial charge on any atom is -0.507 e. The van der Waals surface area contributed by atoms with Crippen molar-refractivity contribution in [3.8, 4) is 22.7 Å². The van der Waals surface area contributed by atoms with Crippen LogP contribution in [0.2, 0.25) is 0 Å². The van der Waals surface area contributed by atoms with Crippen molar-refractivity contribution in [3.63, 3.8) is 0 Å². The van der Waals surface area contributed by atoms with Crippen molar-refractivity contribution in [1.82, 2.24) is 30.0 Å². The van der Waals surface area contributed by atoms with Crippen molar-refractivity contribution in [2.75, 3.05) is 19.3 Å². The number of hydrogen-bond donors (Lipinski definition) is 2. The van der Waals surface area contributed by atoms with Crippen LogP contribution in [0, 0.1) is 0 Å². The highest BCUT2D eigenvalue weighted by molar-refractivity contribution is 7.99. The molecule has 3 aromatic rings. The van der Waals surface area contributed by atoms with Gasteiger partial charge in [0.15, 0.2) is 0 Å². The van der Waals surface area contributed by atoms with E-state index in [0.29, 0.717) is 16.4 Å². The third kappa shape index (κ3) is 3.90. The first-order valence-corrected chi connectivity index (χ1v) is 8.55. The lowest BCUT2D eigenvalue weighted by Gasteiger charge is -2.07. The molecule has 0 saturated heterocycles. The highest BCUT2D eigenvalue weighted by atomic mass is 32.2. The molecule has 0 atom stereocenters. The fourth-order valence-corrected chi connectivity index (χ4v) is 2.87. The maximum atomic E-state index is 10.3. The van der Waals surface area contributed by atoms with E-state index in [-0.39, 0.29) is 5.75 Å². The van der Waals surface area contributed by atoms with Crippen LogP contribution in [-0.4, -0.2) is 49.2 Å². The van der Waals surface area contributed by atoms with Crippen LogP contribution in [0.5, 0.6) is 5.75 Å². The molecule has 8 heteroatoms. The zero-order valence-electron chi connectivity index (χ0n) is 13.3. The molecule has 3 rings (SSSR count). The second kappa shape index (κ2) is 7.89. The first-order chi connectivity index (χ1) is 11.8. The monoisotopic (exact) mass is 342 g/mol. The molecule has 124 valence electrons. The van der Waals surface area contributed by atoms with Gasteiger partial charge < -0.3 is 15.0 Å². The summed E-state index contributed by atoms with van der Waals surface area (Å²) < 4.78 is 1.82. The Morgan fingerprint density at radius 2 is 2.21 bits per heavy atom. The second-order valence-corrected chi connectivity index (χ2v) is 6.17.